The third-order valence-electron chi connectivity index (χ3n) is 3.01. The highest BCUT2D eigenvalue weighted by atomic mass is 32.2. The smallest absolute Gasteiger partial charge is 0.0634 e. The molecule has 0 amide bonds. The molecule has 1 aliphatic rings. The van der Waals surface area contributed by atoms with Crippen molar-refractivity contribution < 1.29 is 4.74 Å². The second kappa shape index (κ2) is 7.01. The second-order valence-electron chi connectivity index (χ2n) is 4.16. The molecule has 1 aromatic rings. The van der Waals surface area contributed by atoms with Gasteiger partial charge < -0.3 is 10.5 Å². The van der Waals surface area contributed by atoms with Crippen LogP contribution in [0.15, 0.2) is 35.2 Å². The Morgan fingerprint density at radius 1 is 1.35 bits per heavy atom. The molecule has 0 bridgehead atoms. The van der Waals surface area contributed by atoms with Gasteiger partial charge in [-0.2, -0.15) is 0 Å². The van der Waals surface area contributed by atoms with Crippen LogP contribution in [0, 0.1) is 0 Å². The first-order chi connectivity index (χ1) is 8.40. The minimum atomic E-state index is 0.403. The van der Waals surface area contributed by atoms with Crippen LogP contribution in [-0.2, 0) is 4.74 Å². The first-order valence-corrected chi connectivity index (χ1v) is 7.08. The van der Waals surface area contributed by atoms with E-state index in [0.29, 0.717) is 12.6 Å². The number of thioether (sulfide) groups is 1. The van der Waals surface area contributed by atoms with Crippen LogP contribution in [0.2, 0.25) is 0 Å². The summed E-state index contributed by atoms with van der Waals surface area (Å²) in [7, 11) is 0. The molecular weight excluding hydrogens is 232 g/mol. The topological polar surface area (TPSA) is 38.5 Å². The van der Waals surface area contributed by atoms with Crippen molar-refractivity contribution in [1.82, 2.24) is 4.90 Å². The van der Waals surface area contributed by atoms with Crippen LogP contribution in [-0.4, -0.2) is 49.5 Å². The molecule has 1 fully saturated rings. The number of ether oxygens (including phenoxy) is 1. The molecule has 0 aliphatic carbocycles. The Labute approximate surface area is 107 Å². The Morgan fingerprint density at radius 2 is 2.18 bits per heavy atom. The number of nitrogens with zero attached hydrogens (tertiary/aromatic N) is 1. The van der Waals surface area contributed by atoms with Gasteiger partial charge in [-0.15, -0.1) is 11.8 Å². The average Bonchev–Trinajstić information content (AvgIpc) is 2.40. The number of hydrogen-bond acceptors (Lipinski definition) is 4. The molecule has 2 rings (SSSR count). The molecule has 3 nitrogen and oxygen atoms in total. The van der Waals surface area contributed by atoms with Gasteiger partial charge in [-0.3, -0.25) is 4.90 Å². The van der Waals surface area contributed by atoms with Gasteiger partial charge in [0.2, 0.25) is 0 Å². The quantitative estimate of drug-likeness (QED) is 0.805. The van der Waals surface area contributed by atoms with Gasteiger partial charge in [0.15, 0.2) is 0 Å². The third kappa shape index (κ3) is 4.00. The molecule has 1 unspecified atom stereocenters. The van der Waals surface area contributed by atoms with Gasteiger partial charge in [-0.05, 0) is 12.1 Å². The highest BCUT2D eigenvalue weighted by molar-refractivity contribution is 7.99. The summed E-state index contributed by atoms with van der Waals surface area (Å²) in [5.41, 5.74) is 5.75. The number of nitrogens with two attached hydrogens (primary N) is 1. The molecule has 0 spiro atoms. The first kappa shape index (κ1) is 12.9. The molecule has 17 heavy (non-hydrogen) atoms. The van der Waals surface area contributed by atoms with Gasteiger partial charge in [-0.1, -0.05) is 18.2 Å². The van der Waals surface area contributed by atoms with Crippen molar-refractivity contribution in [1.29, 1.82) is 0 Å². The fourth-order valence-corrected chi connectivity index (χ4v) is 2.91. The van der Waals surface area contributed by atoms with E-state index in [0.717, 1.165) is 32.1 Å². The molecule has 1 aromatic carbocycles. The molecule has 1 saturated heterocycles. The normalized spacial score (nSPS) is 21.6. The lowest BCUT2D eigenvalue weighted by molar-refractivity contribution is -0.000582. The van der Waals surface area contributed by atoms with Gasteiger partial charge in [0.05, 0.1) is 13.2 Å². The fraction of sp³-hybridized carbons (Fsp3) is 0.538. The summed E-state index contributed by atoms with van der Waals surface area (Å²) in [5, 5.41) is 0. The summed E-state index contributed by atoms with van der Waals surface area (Å²) in [6.45, 7) is 4.41. The molecule has 0 radical (unpaired) electrons. The van der Waals surface area contributed by atoms with Crippen molar-refractivity contribution in [3.63, 3.8) is 0 Å². The molecular formula is C13H20N2OS. The maximum atomic E-state index is 5.75. The average molecular weight is 252 g/mol. The van der Waals surface area contributed by atoms with E-state index in [4.69, 9.17) is 10.5 Å². The van der Waals surface area contributed by atoms with Crippen LogP contribution in [0.1, 0.15) is 0 Å². The van der Waals surface area contributed by atoms with Crippen molar-refractivity contribution in [2.75, 3.05) is 38.6 Å². The monoisotopic (exact) mass is 252 g/mol. The summed E-state index contributed by atoms with van der Waals surface area (Å²) in [6, 6.07) is 10.9. The lowest BCUT2D eigenvalue weighted by atomic mass is 10.2. The predicted molar refractivity (Wildman–Crippen MR) is 72.4 cm³/mol. The molecule has 94 valence electrons. The highest BCUT2D eigenvalue weighted by Gasteiger charge is 2.20. The van der Waals surface area contributed by atoms with Crippen LogP contribution in [0.3, 0.4) is 0 Å². The van der Waals surface area contributed by atoms with Crippen LogP contribution >= 0.6 is 11.8 Å². The zero-order valence-corrected chi connectivity index (χ0v) is 10.9. The zero-order valence-electron chi connectivity index (χ0n) is 10.0. The van der Waals surface area contributed by atoms with Crippen molar-refractivity contribution in [2.24, 2.45) is 5.73 Å². The Kier molecular flexibility index (Phi) is 5.32. The SMILES string of the molecule is NCC1COCCN1CCSc1ccccc1. The van der Waals surface area contributed by atoms with Crippen molar-refractivity contribution in [3.05, 3.63) is 30.3 Å². The van der Waals surface area contributed by atoms with Gasteiger partial charge in [0.25, 0.3) is 0 Å². The summed E-state index contributed by atoms with van der Waals surface area (Å²) in [6.07, 6.45) is 0. The maximum Gasteiger partial charge on any atom is 0.0634 e. The van der Waals surface area contributed by atoms with Gasteiger partial charge in [0.1, 0.15) is 0 Å². The van der Waals surface area contributed by atoms with Crippen molar-refractivity contribution >= 4 is 11.8 Å². The van der Waals surface area contributed by atoms with E-state index in [-0.39, 0.29) is 0 Å². The lowest BCUT2D eigenvalue weighted by Gasteiger charge is -2.34. The molecule has 1 atom stereocenters. The molecule has 2 N–H and O–H groups in total. The fourth-order valence-electron chi connectivity index (χ4n) is 2.00. The van der Waals surface area contributed by atoms with Gasteiger partial charge in [-0.25, -0.2) is 0 Å². The Morgan fingerprint density at radius 3 is 2.94 bits per heavy atom. The van der Waals surface area contributed by atoms with E-state index in [1.54, 1.807) is 0 Å². The predicted octanol–water partition coefficient (Wildman–Crippen LogP) is 1.44. The van der Waals surface area contributed by atoms with E-state index < -0.39 is 0 Å². The molecule has 0 saturated carbocycles. The number of rotatable bonds is 5. The third-order valence-corrected chi connectivity index (χ3v) is 4.00. The van der Waals surface area contributed by atoms with Crippen molar-refractivity contribution in [3.8, 4) is 0 Å². The maximum absolute atomic E-state index is 5.75. The molecule has 1 heterocycles. The summed E-state index contributed by atoms with van der Waals surface area (Å²) in [5.74, 6) is 1.11. The molecule has 0 aromatic heterocycles. The lowest BCUT2D eigenvalue weighted by Crippen LogP contribution is -2.50. The van der Waals surface area contributed by atoms with Crippen LogP contribution < -0.4 is 5.73 Å². The Balaban J connectivity index is 1.74. The van der Waals surface area contributed by atoms with Crippen LogP contribution in [0.5, 0.6) is 0 Å². The van der Waals surface area contributed by atoms with Crippen LogP contribution in [0.25, 0.3) is 0 Å². The van der Waals surface area contributed by atoms with E-state index in [1.165, 1.54) is 4.90 Å². The minimum absolute atomic E-state index is 0.403. The summed E-state index contributed by atoms with van der Waals surface area (Å²) in [4.78, 5) is 3.78. The van der Waals surface area contributed by atoms with Gasteiger partial charge in [0, 0.05) is 36.3 Å². The van der Waals surface area contributed by atoms with Crippen molar-refractivity contribution in [2.45, 2.75) is 10.9 Å². The van der Waals surface area contributed by atoms with Gasteiger partial charge >= 0.3 is 0 Å². The van der Waals surface area contributed by atoms with E-state index in [1.807, 2.05) is 11.8 Å². The number of hydrogen-bond donors (Lipinski definition) is 1. The number of benzene rings is 1. The second-order valence-corrected chi connectivity index (χ2v) is 5.33. The number of morpholine rings is 1. The zero-order chi connectivity index (χ0) is 11.9. The Hall–Kier alpha value is -0.550. The van der Waals surface area contributed by atoms with E-state index in [9.17, 15) is 0 Å². The highest BCUT2D eigenvalue weighted by Crippen LogP contribution is 2.17. The Bertz CT molecular complexity index is 320. The van der Waals surface area contributed by atoms with E-state index >= 15 is 0 Å². The molecule has 1 aliphatic heterocycles. The standard InChI is InChI=1S/C13H20N2OS/c14-10-12-11-16-8-6-15(12)7-9-17-13-4-2-1-3-5-13/h1-5,12H,6-11,14H2. The summed E-state index contributed by atoms with van der Waals surface area (Å²) >= 11 is 1.90. The van der Waals surface area contributed by atoms with E-state index in [2.05, 4.69) is 35.2 Å². The minimum Gasteiger partial charge on any atom is -0.378 e. The first-order valence-electron chi connectivity index (χ1n) is 6.10. The van der Waals surface area contributed by atoms with Crippen LogP contribution in [0.4, 0.5) is 0 Å². The largest absolute Gasteiger partial charge is 0.378 e. The molecule has 4 heteroatoms. The summed E-state index contributed by atoms with van der Waals surface area (Å²) < 4.78 is 5.44.